The molecular weight excluding hydrogens is 458 g/mol. The highest BCUT2D eigenvalue weighted by Crippen LogP contribution is 2.20. The van der Waals surface area contributed by atoms with Crippen molar-refractivity contribution in [3.8, 4) is 11.5 Å². The molecule has 3 N–H and O–H groups in total. The summed E-state index contributed by atoms with van der Waals surface area (Å²) >= 11 is 0. The minimum atomic E-state index is -3.92. The first-order valence-corrected chi connectivity index (χ1v) is 11.7. The van der Waals surface area contributed by atoms with Crippen molar-refractivity contribution in [3.63, 3.8) is 0 Å². The molecule has 0 aromatic heterocycles. The summed E-state index contributed by atoms with van der Waals surface area (Å²) in [6.45, 7) is 0.0412. The van der Waals surface area contributed by atoms with E-state index in [0.717, 1.165) is 5.56 Å². The molecule has 0 saturated heterocycles. The molecule has 0 bridgehead atoms. The Labute approximate surface area is 198 Å². The lowest BCUT2D eigenvalue weighted by atomic mass is 10.2. The molecule has 10 heteroatoms. The van der Waals surface area contributed by atoms with Crippen molar-refractivity contribution in [2.75, 3.05) is 25.5 Å². The minimum absolute atomic E-state index is 0.0834. The van der Waals surface area contributed by atoms with Gasteiger partial charge in [0.25, 0.3) is 15.9 Å². The van der Waals surface area contributed by atoms with Crippen LogP contribution in [-0.2, 0) is 21.4 Å². The summed E-state index contributed by atoms with van der Waals surface area (Å²) in [5, 5.41) is 5.20. The Hall–Kier alpha value is -4.05. The quantitative estimate of drug-likeness (QED) is 0.407. The molecule has 9 nitrogen and oxygen atoms in total. The summed E-state index contributed by atoms with van der Waals surface area (Å²) < 4.78 is 38.0. The number of benzene rings is 3. The van der Waals surface area contributed by atoms with Crippen molar-refractivity contribution < 1.29 is 27.5 Å². The Morgan fingerprint density at radius 1 is 0.824 bits per heavy atom. The summed E-state index contributed by atoms with van der Waals surface area (Å²) in [7, 11) is -0.838. The monoisotopic (exact) mass is 483 g/mol. The normalized spacial score (nSPS) is 10.8. The van der Waals surface area contributed by atoms with E-state index >= 15 is 0 Å². The van der Waals surface area contributed by atoms with Crippen LogP contribution in [0.4, 0.5) is 5.69 Å². The Kier molecular flexibility index (Phi) is 8.10. The Morgan fingerprint density at radius 3 is 2.06 bits per heavy atom. The molecule has 34 heavy (non-hydrogen) atoms. The van der Waals surface area contributed by atoms with Crippen LogP contribution in [0.2, 0.25) is 0 Å². The van der Waals surface area contributed by atoms with Gasteiger partial charge in [-0.25, -0.2) is 8.42 Å². The Bertz CT molecular complexity index is 1240. The van der Waals surface area contributed by atoms with Gasteiger partial charge in [-0.05, 0) is 60.2 Å². The van der Waals surface area contributed by atoms with Crippen molar-refractivity contribution in [2.24, 2.45) is 0 Å². The van der Waals surface area contributed by atoms with E-state index in [1.807, 2.05) is 12.1 Å². The molecule has 0 fully saturated rings. The molecule has 0 saturated carbocycles. The largest absolute Gasteiger partial charge is 0.497 e. The average molecular weight is 484 g/mol. The fourth-order valence-corrected chi connectivity index (χ4v) is 4.05. The maximum atomic E-state index is 12.7. The van der Waals surface area contributed by atoms with E-state index in [9.17, 15) is 18.0 Å². The third-order valence-electron chi connectivity index (χ3n) is 4.81. The molecule has 0 aliphatic heterocycles. The molecule has 3 rings (SSSR count). The second-order valence-corrected chi connectivity index (χ2v) is 8.85. The summed E-state index contributed by atoms with van der Waals surface area (Å²) in [4.78, 5) is 24.5. The van der Waals surface area contributed by atoms with Gasteiger partial charge in [-0.3, -0.25) is 14.3 Å². The topological polar surface area (TPSA) is 123 Å². The smallest absolute Gasteiger partial charge is 0.261 e. The average Bonchev–Trinajstić information content (AvgIpc) is 2.86. The number of amides is 2. The van der Waals surface area contributed by atoms with Gasteiger partial charge >= 0.3 is 0 Å². The third-order valence-corrected chi connectivity index (χ3v) is 6.19. The van der Waals surface area contributed by atoms with E-state index in [0.29, 0.717) is 23.7 Å². The third kappa shape index (κ3) is 6.72. The predicted molar refractivity (Wildman–Crippen MR) is 127 cm³/mol. The molecule has 0 unspecified atom stereocenters. The number of rotatable bonds is 10. The van der Waals surface area contributed by atoms with E-state index in [4.69, 9.17) is 9.47 Å². The lowest BCUT2D eigenvalue weighted by Crippen LogP contribution is -2.36. The molecule has 2 amide bonds. The van der Waals surface area contributed by atoms with Crippen LogP contribution in [0, 0.1) is 0 Å². The summed E-state index contributed by atoms with van der Waals surface area (Å²) in [6.07, 6.45) is 0. The van der Waals surface area contributed by atoms with Gasteiger partial charge in [-0.1, -0.05) is 18.2 Å². The summed E-state index contributed by atoms with van der Waals surface area (Å²) in [6, 6.07) is 19.2. The van der Waals surface area contributed by atoms with Crippen LogP contribution in [0.25, 0.3) is 0 Å². The minimum Gasteiger partial charge on any atom is -0.497 e. The molecule has 3 aromatic rings. The first-order chi connectivity index (χ1) is 16.3. The molecule has 0 atom stereocenters. The van der Waals surface area contributed by atoms with Gasteiger partial charge in [0.15, 0.2) is 0 Å². The van der Waals surface area contributed by atoms with Crippen molar-refractivity contribution >= 4 is 27.5 Å². The SMILES string of the molecule is COc1ccc(CNC(=O)CNC(=O)c2cccc(S(=O)(=O)Nc3ccc(OC)cc3)c2)cc1. The van der Waals surface area contributed by atoms with Crippen molar-refractivity contribution in [3.05, 3.63) is 83.9 Å². The van der Waals surface area contributed by atoms with Gasteiger partial charge in [0.2, 0.25) is 5.91 Å². The number of hydrogen-bond donors (Lipinski definition) is 3. The standard InChI is InChI=1S/C24H25N3O6S/c1-32-20-10-6-17(7-11-20)15-25-23(28)16-26-24(29)18-4-3-5-22(14-18)34(30,31)27-19-8-12-21(33-2)13-9-19/h3-14,27H,15-16H2,1-2H3,(H,25,28)(H,26,29). The first-order valence-electron chi connectivity index (χ1n) is 10.3. The van der Waals surface area contributed by atoms with E-state index in [1.54, 1.807) is 43.5 Å². The van der Waals surface area contributed by atoms with Crippen molar-refractivity contribution in [2.45, 2.75) is 11.4 Å². The predicted octanol–water partition coefficient (Wildman–Crippen LogP) is 2.55. The number of sulfonamides is 1. The van der Waals surface area contributed by atoms with E-state index in [-0.39, 0.29) is 22.9 Å². The zero-order chi connectivity index (χ0) is 24.6. The molecule has 0 aliphatic rings. The van der Waals surface area contributed by atoms with Crippen LogP contribution in [0.5, 0.6) is 11.5 Å². The first kappa shape index (κ1) is 24.6. The van der Waals surface area contributed by atoms with Crippen molar-refractivity contribution in [1.29, 1.82) is 0 Å². The number of anilines is 1. The zero-order valence-corrected chi connectivity index (χ0v) is 19.5. The lowest BCUT2D eigenvalue weighted by molar-refractivity contribution is -0.120. The zero-order valence-electron chi connectivity index (χ0n) is 18.7. The van der Waals surface area contributed by atoms with Crippen LogP contribution >= 0.6 is 0 Å². The fourth-order valence-electron chi connectivity index (χ4n) is 2.95. The van der Waals surface area contributed by atoms with Crippen LogP contribution < -0.4 is 24.8 Å². The fraction of sp³-hybridized carbons (Fsp3) is 0.167. The van der Waals surface area contributed by atoms with Crippen LogP contribution in [0.1, 0.15) is 15.9 Å². The Balaban J connectivity index is 1.56. The number of carbonyl (C=O) groups excluding carboxylic acids is 2. The summed E-state index contributed by atoms with van der Waals surface area (Å²) in [5.41, 5.74) is 1.34. The van der Waals surface area contributed by atoms with Gasteiger partial charge in [-0.2, -0.15) is 0 Å². The number of methoxy groups -OCH3 is 2. The van der Waals surface area contributed by atoms with Crippen LogP contribution in [0.15, 0.2) is 77.7 Å². The summed E-state index contributed by atoms with van der Waals surface area (Å²) in [5.74, 6) is 0.357. The number of hydrogen-bond acceptors (Lipinski definition) is 6. The highest BCUT2D eigenvalue weighted by molar-refractivity contribution is 7.92. The number of ether oxygens (including phenoxy) is 2. The van der Waals surface area contributed by atoms with E-state index in [2.05, 4.69) is 15.4 Å². The van der Waals surface area contributed by atoms with Gasteiger partial charge in [-0.15, -0.1) is 0 Å². The molecular formula is C24H25N3O6S. The van der Waals surface area contributed by atoms with E-state index in [1.165, 1.54) is 31.4 Å². The molecule has 0 spiro atoms. The van der Waals surface area contributed by atoms with Gasteiger partial charge in [0.1, 0.15) is 11.5 Å². The van der Waals surface area contributed by atoms with Gasteiger partial charge in [0, 0.05) is 17.8 Å². The van der Waals surface area contributed by atoms with E-state index < -0.39 is 15.9 Å². The molecule has 3 aromatic carbocycles. The molecule has 178 valence electrons. The maximum Gasteiger partial charge on any atom is 0.261 e. The molecule has 0 radical (unpaired) electrons. The highest BCUT2D eigenvalue weighted by atomic mass is 32.2. The van der Waals surface area contributed by atoms with Crippen molar-refractivity contribution in [1.82, 2.24) is 10.6 Å². The second kappa shape index (κ2) is 11.2. The number of carbonyl (C=O) groups is 2. The second-order valence-electron chi connectivity index (χ2n) is 7.17. The highest BCUT2D eigenvalue weighted by Gasteiger charge is 2.17. The Morgan fingerprint density at radius 2 is 1.44 bits per heavy atom. The number of nitrogens with one attached hydrogen (secondary N) is 3. The molecule has 0 heterocycles. The van der Waals surface area contributed by atoms with Gasteiger partial charge < -0.3 is 20.1 Å². The van der Waals surface area contributed by atoms with Gasteiger partial charge in [0.05, 0.1) is 25.7 Å². The van der Waals surface area contributed by atoms with Crippen LogP contribution in [0.3, 0.4) is 0 Å². The maximum absolute atomic E-state index is 12.7. The van der Waals surface area contributed by atoms with Crippen LogP contribution in [-0.4, -0.2) is 41.0 Å². The molecule has 0 aliphatic carbocycles. The lowest BCUT2D eigenvalue weighted by Gasteiger charge is -2.11.